The maximum absolute atomic E-state index is 13.6. The van der Waals surface area contributed by atoms with Gasteiger partial charge < -0.3 is 4.52 Å². The summed E-state index contributed by atoms with van der Waals surface area (Å²) in [5.74, 6) is 0.693. The molecule has 1 heterocycles. The van der Waals surface area contributed by atoms with Crippen LogP contribution < -0.4 is 0 Å². The average molecular weight is 287 g/mol. The number of rotatable bonds is 6. The molecule has 0 amide bonds. The van der Waals surface area contributed by atoms with Crippen molar-refractivity contribution in [2.24, 2.45) is 5.41 Å². The first-order valence-electron chi connectivity index (χ1n) is 6.98. The Morgan fingerprint density at radius 3 is 2.81 bits per heavy atom. The first kappa shape index (κ1) is 15.2. The Morgan fingerprint density at radius 2 is 2.14 bits per heavy atom. The molecule has 0 N–H and O–H groups in total. The van der Waals surface area contributed by atoms with Crippen LogP contribution in [0.5, 0.6) is 0 Å². The lowest BCUT2D eigenvalue weighted by Crippen LogP contribution is -2.18. The zero-order valence-corrected chi connectivity index (χ0v) is 12.3. The summed E-state index contributed by atoms with van der Waals surface area (Å²) in [4.78, 5) is 4.31. The van der Waals surface area contributed by atoms with Gasteiger partial charge in [-0.2, -0.15) is 10.2 Å². The summed E-state index contributed by atoms with van der Waals surface area (Å²) in [6, 6.07) is 8.74. The third kappa shape index (κ3) is 3.88. The predicted molar refractivity (Wildman–Crippen MR) is 75.8 cm³/mol. The third-order valence-electron chi connectivity index (χ3n) is 3.75. The summed E-state index contributed by atoms with van der Waals surface area (Å²) in [6.07, 6.45) is 2.15. The van der Waals surface area contributed by atoms with Crippen LogP contribution >= 0.6 is 0 Å². The molecule has 0 saturated heterocycles. The Labute approximate surface area is 123 Å². The molecule has 0 aliphatic rings. The van der Waals surface area contributed by atoms with E-state index in [1.54, 1.807) is 18.2 Å². The van der Waals surface area contributed by atoms with Crippen LogP contribution in [0.4, 0.5) is 4.39 Å². The van der Waals surface area contributed by atoms with Crippen molar-refractivity contribution in [1.29, 1.82) is 5.26 Å². The van der Waals surface area contributed by atoms with Crippen LogP contribution in [0.3, 0.4) is 0 Å². The minimum absolute atomic E-state index is 0.170. The number of benzene rings is 1. The van der Waals surface area contributed by atoms with Gasteiger partial charge in [0.2, 0.25) is 5.89 Å². The van der Waals surface area contributed by atoms with Gasteiger partial charge in [0, 0.05) is 19.3 Å². The van der Waals surface area contributed by atoms with Crippen LogP contribution in [0, 0.1) is 22.6 Å². The summed E-state index contributed by atoms with van der Waals surface area (Å²) in [7, 11) is 0. The van der Waals surface area contributed by atoms with Crippen LogP contribution in [0.2, 0.25) is 0 Å². The largest absolute Gasteiger partial charge is 0.339 e. The molecule has 1 aromatic carbocycles. The molecule has 2 aromatic rings. The van der Waals surface area contributed by atoms with Crippen molar-refractivity contribution in [3.63, 3.8) is 0 Å². The van der Waals surface area contributed by atoms with Crippen molar-refractivity contribution < 1.29 is 8.91 Å². The highest BCUT2D eigenvalue weighted by molar-refractivity contribution is 5.20. The molecule has 4 nitrogen and oxygen atoms in total. The van der Waals surface area contributed by atoms with E-state index in [1.807, 2.05) is 13.8 Å². The van der Waals surface area contributed by atoms with Crippen LogP contribution in [-0.4, -0.2) is 10.1 Å². The number of nitriles is 1. The van der Waals surface area contributed by atoms with Gasteiger partial charge >= 0.3 is 0 Å². The quantitative estimate of drug-likeness (QED) is 0.813. The average Bonchev–Trinajstić information content (AvgIpc) is 2.88. The van der Waals surface area contributed by atoms with E-state index in [4.69, 9.17) is 9.78 Å². The van der Waals surface area contributed by atoms with Crippen molar-refractivity contribution in [2.75, 3.05) is 0 Å². The third-order valence-corrected chi connectivity index (χ3v) is 3.75. The van der Waals surface area contributed by atoms with Gasteiger partial charge in [-0.1, -0.05) is 37.2 Å². The molecular weight excluding hydrogens is 269 g/mol. The van der Waals surface area contributed by atoms with Gasteiger partial charge in [-0.3, -0.25) is 0 Å². The Morgan fingerprint density at radius 1 is 1.38 bits per heavy atom. The van der Waals surface area contributed by atoms with Crippen LogP contribution in [0.25, 0.3) is 0 Å². The van der Waals surface area contributed by atoms with Gasteiger partial charge in [0.05, 0.1) is 6.07 Å². The van der Waals surface area contributed by atoms with E-state index in [9.17, 15) is 4.39 Å². The van der Waals surface area contributed by atoms with E-state index < -0.39 is 0 Å². The highest BCUT2D eigenvalue weighted by atomic mass is 19.1. The number of halogens is 1. The SMILES string of the molecule is CCC(C)(CC#N)Cc1nc(Cc2ccccc2F)no1. The smallest absolute Gasteiger partial charge is 0.227 e. The fourth-order valence-electron chi connectivity index (χ4n) is 2.11. The van der Waals surface area contributed by atoms with Crippen molar-refractivity contribution >= 4 is 0 Å². The summed E-state index contributed by atoms with van der Waals surface area (Å²) < 4.78 is 18.8. The standard InChI is InChI=1S/C16H18FN3O/c1-3-16(2,8-9-18)11-15-19-14(20-21-15)10-12-6-4-5-7-13(12)17/h4-7H,3,8,10-11H2,1-2H3. The molecule has 0 saturated carbocycles. The molecule has 1 aromatic heterocycles. The van der Waals surface area contributed by atoms with Gasteiger partial charge in [-0.15, -0.1) is 0 Å². The second kappa shape index (κ2) is 6.49. The highest BCUT2D eigenvalue weighted by Crippen LogP contribution is 2.29. The molecule has 0 spiro atoms. The molecule has 0 radical (unpaired) electrons. The Balaban J connectivity index is 2.08. The van der Waals surface area contributed by atoms with E-state index >= 15 is 0 Å². The number of aromatic nitrogens is 2. The predicted octanol–water partition coefficient (Wildman–Crippen LogP) is 3.67. The maximum atomic E-state index is 13.6. The van der Waals surface area contributed by atoms with Crippen LogP contribution in [0.15, 0.2) is 28.8 Å². The lowest BCUT2D eigenvalue weighted by Gasteiger charge is -2.22. The Bertz CT molecular complexity index is 647. The highest BCUT2D eigenvalue weighted by Gasteiger charge is 2.25. The molecular formula is C16H18FN3O. The molecule has 2 rings (SSSR count). The number of nitrogens with zero attached hydrogens (tertiary/aromatic N) is 3. The van der Waals surface area contributed by atoms with Crippen LogP contribution in [0.1, 0.15) is 44.0 Å². The molecule has 21 heavy (non-hydrogen) atoms. The van der Waals surface area contributed by atoms with Gasteiger partial charge in [-0.25, -0.2) is 4.39 Å². The molecule has 5 heteroatoms. The summed E-state index contributed by atoms with van der Waals surface area (Å²) in [5.41, 5.74) is 0.372. The van der Waals surface area contributed by atoms with E-state index in [0.29, 0.717) is 36.5 Å². The molecule has 1 atom stereocenters. The van der Waals surface area contributed by atoms with E-state index in [-0.39, 0.29) is 11.2 Å². The van der Waals surface area contributed by atoms with E-state index in [1.165, 1.54) is 6.07 Å². The van der Waals surface area contributed by atoms with Gasteiger partial charge in [0.1, 0.15) is 5.82 Å². The summed E-state index contributed by atoms with van der Waals surface area (Å²) in [5, 5.41) is 12.8. The number of hydrogen-bond donors (Lipinski definition) is 0. The van der Waals surface area contributed by atoms with Crippen molar-refractivity contribution in [1.82, 2.24) is 10.1 Å². The second-order valence-electron chi connectivity index (χ2n) is 5.55. The van der Waals surface area contributed by atoms with Gasteiger partial charge in [0.25, 0.3) is 0 Å². The molecule has 0 fully saturated rings. The minimum Gasteiger partial charge on any atom is -0.339 e. The van der Waals surface area contributed by atoms with Crippen molar-refractivity contribution in [3.05, 3.63) is 47.4 Å². The first-order valence-corrected chi connectivity index (χ1v) is 6.98. The Hall–Kier alpha value is -2.22. The lowest BCUT2D eigenvalue weighted by molar-refractivity contribution is 0.265. The fraction of sp³-hybridized carbons (Fsp3) is 0.438. The topological polar surface area (TPSA) is 62.7 Å². The van der Waals surface area contributed by atoms with E-state index in [0.717, 1.165) is 6.42 Å². The zero-order valence-electron chi connectivity index (χ0n) is 12.3. The second-order valence-corrected chi connectivity index (χ2v) is 5.55. The molecule has 0 aliphatic carbocycles. The first-order chi connectivity index (χ1) is 10.1. The van der Waals surface area contributed by atoms with Crippen molar-refractivity contribution in [3.8, 4) is 6.07 Å². The molecule has 110 valence electrons. The Kier molecular flexibility index (Phi) is 4.69. The monoisotopic (exact) mass is 287 g/mol. The number of hydrogen-bond acceptors (Lipinski definition) is 4. The maximum Gasteiger partial charge on any atom is 0.227 e. The fourth-order valence-corrected chi connectivity index (χ4v) is 2.11. The van der Waals surface area contributed by atoms with Gasteiger partial charge in [0.15, 0.2) is 5.82 Å². The molecule has 0 bridgehead atoms. The summed E-state index contributed by atoms with van der Waals surface area (Å²) >= 11 is 0. The zero-order chi connectivity index (χ0) is 15.3. The van der Waals surface area contributed by atoms with Gasteiger partial charge in [-0.05, 0) is 23.5 Å². The van der Waals surface area contributed by atoms with Crippen LogP contribution in [-0.2, 0) is 12.8 Å². The normalized spacial score (nSPS) is 13.6. The van der Waals surface area contributed by atoms with E-state index in [2.05, 4.69) is 16.2 Å². The minimum atomic E-state index is -0.272. The molecule has 0 aliphatic heterocycles. The molecule has 1 unspecified atom stereocenters. The van der Waals surface area contributed by atoms with Crippen molar-refractivity contribution in [2.45, 2.75) is 39.5 Å². The summed E-state index contributed by atoms with van der Waals surface area (Å²) in [6.45, 7) is 4.06. The lowest BCUT2D eigenvalue weighted by atomic mass is 9.81.